The van der Waals surface area contributed by atoms with Crippen LogP contribution in [0.15, 0.2) is 42.5 Å². The van der Waals surface area contributed by atoms with Gasteiger partial charge in [0.25, 0.3) is 11.8 Å². The Morgan fingerprint density at radius 3 is 2.10 bits per heavy atom. The van der Waals surface area contributed by atoms with Crippen LogP contribution in [0.2, 0.25) is 5.02 Å². The van der Waals surface area contributed by atoms with Gasteiger partial charge in [0.05, 0.1) is 0 Å². The summed E-state index contributed by atoms with van der Waals surface area (Å²) in [5, 5.41) is 6.53. The fourth-order valence-electron chi connectivity index (χ4n) is 3.62. The van der Waals surface area contributed by atoms with Gasteiger partial charge < -0.3 is 20.4 Å². The van der Waals surface area contributed by atoms with Gasteiger partial charge in [0.1, 0.15) is 26.2 Å². The topological polar surface area (TPSA) is 67.1 Å². The Morgan fingerprint density at radius 2 is 1.48 bits per heavy atom. The van der Waals surface area contributed by atoms with Gasteiger partial charge in [-0.2, -0.15) is 0 Å². The number of halogens is 1. The molecule has 29 heavy (non-hydrogen) atoms. The van der Waals surface area contributed by atoms with Gasteiger partial charge >= 0.3 is 0 Å². The molecule has 1 saturated heterocycles. The first-order valence-electron chi connectivity index (χ1n) is 9.99. The standard InChI is InChI=1S/C22H27ClN4O2/c1-16-5-3-8-20(17(16)2)25-22(29)15-27-11-9-26(10-12-27)14-21(28)24-19-7-4-6-18(23)13-19/h3-8,13H,9-12,14-15H2,1-2H3,(H,24,28)(H,25,29)/p+2. The molecule has 0 radical (unpaired) electrons. The van der Waals surface area contributed by atoms with Crippen LogP contribution in [0, 0.1) is 13.8 Å². The zero-order valence-electron chi connectivity index (χ0n) is 17.0. The fraction of sp³-hybridized carbons (Fsp3) is 0.364. The molecule has 0 saturated carbocycles. The molecule has 4 N–H and O–H groups in total. The lowest BCUT2D eigenvalue weighted by Crippen LogP contribution is -3.28. The summed E-state index contributed by atoms with van der Waals surface area (Å²) in [6, 6.07) is 13.1. The van der Waals surface area contributed by atoms with Gasteiger partial charge in [-0.05, 0) is 49.2 Å². The second kappa shape index (κ2) is 9.87. The third kappa shape index (κ3) is 6.29. The third-order valence-corrected chi connectivity index (χ3v) is 5.71. The predicted octanol–water partition coefficient (Wildman–Crippen LogP) is 0.317. The molecule has 2 aromatic carbocycles. The minimum atomic E-state index is -0.0154. The second-order valence-electron chi connectivity index (χ2n) is 7.71. The number of hydrogen-bond acceptors (Lipinski definition) is 2. The highest BCUT2D eigenvalue weighted by molar-refractivity contribution is 6.30. The molecule has 7 heteroatoms. The van der Waals surface area contributed by atoms with Crippen molar-refractivity contribution in [2.24, 2.45) is 0 Å². The van der Waals surface area contributed by atoms with E-state index in [2.05, 4.69) is 10.6 Å². The quantitative estimate of drug-likeness (QED) is 0.548. The van der Waals surface area contributed by atoms with E-state index in [-0.39, 0.29) is 11.8 Å². The lowest BCUT2D eigenvalue weighted by Gasteiger charge is -2.29. The number of carbonyl (C=O) groups is 2. The van der Waals surface area contributed by atoms with Crippen molar-refractivity contribution < 1.29 is 19.4 Å². The Morgan fingerprint density at radius 1 is 0.897 bits per heavy atom. The first-order valence-corrected chi connectivity index (χ1v) is 10.4. The first-order chi connectivity index (χ1) is 13.9. The molecular formula is C22H29ClN4O2+2. The van der Waals surface area contributed by atoms with Crippen molar-refractivity contribution in [1.82, 2.24) is 0 Å². The third-order valence-electron chi connectivity index (χ3n) is 5.47. The number of piperazine rings is 1. The average Bonchev–Trinajstić information content (AvgIpc) is 2.67. The van der Waals surface area contributed by atoms with E-state index >= 15 is 0 Å². The molecule has 0 aliphatic carbocycles. The van der Waals surface area contributed by atoms with Crippen LogP contribution in [0.3, 0.4) is 0 Å². The largest absolute Gasteiger partial charge is 0.321 e. The van der Waals surface area contributed by atoms with E-state index in [1.165, 1.54) is 15.4 Å². The van der Waals surface area contributed by atoms with Gasteiger partial charge in [-0.15, -0.1) is 0 Å². The lowest BCUT2D eigenvalue weighted by molar-refractivity contribution is -1.00. The monoisotopic (exact) mass is 416 g/mol. The molecule has 3 rings (SSSR count). The summed E-state index contributed by atoms with van der Waals surface area (Å²) in [6.45, 7) is 8.43. The molecule has 6 nitrogen and oxygen atoms in total. The second-order valence-corrected chi connectivity index (χ2v) is 8.14. The summed E-state index contributed by atoms with van der Waals surface area (Å²) >= 11 is 5.95. The molecule has 0 atom stereocenters. The van der Waals surface area contributed by atoms with Gasteiger partial charge in [-0.1, -0.05) is 29.8 Å². The summed E-state index contributed by atoms with van der Waals surface area (Å²) < 4.78 is 0. The molecule has 1 heterocycles. The maximum Gasteiger partial charge on any atom is 0.279 e. The summed E-state index contributed by atoms with van der Waals surface area (Å²) in [6.07, 6.45) is 0. The first kappa shape index (κ1) is 21.3. The number of carbonyl (C=O) groups excluding carboxylic acids is 2. The molecule has 0 unspecified atom stereocenters. The van der Waals surface area contributed by atoms with Crippen molar-refractivity contribution >= 4 is 34.8 Å². The van der Waals surface area contributed by atoms with Crippen LogP contribution in [0.5, 0.6) is 0 Å². The molecule has 1 aliphatic heterocycles. The minimum Gasteiger partial charge on any atom is -0.321 e. The number of quaternary nitrogens is 2. The van der Waals surface area contributed by atoms with Crippen molar-refractivity contribution in [3.63, 3.8) is 0 Å². The van der Waals surface area contributed by atoms with Gasteiger partial charge in [0, 0.05) is 16.4 Å². The molecule has 1 fully saturated rings. The average molecular weight is 417 g/mol. The van der Waals surface area contributed by atoms with Crippen LogP contribution in [0.25, 0.3) is 0 Å². The lowest BCUT2D eigenvalue weighted by atomic mass is 10.1. The van der Waals surface area contributed by atoms with Gasteiger partial charge in [-0.3, -0.25) is 9.59 Å². The van der Waals surface area contributed by atoms with E-state index in [4.69, 9.17) is 11.6 Å². The highest BCUT2D eigenvalue weighted by atomic mass is 35.5. The number of hydrogen-bond donors (Lipinski definition) is 4. The Balaban J connectivity index is 1.41. The number of anilines is 2. The molecule has 0 spiro atoms. The van der Waals surface area contributed by atoms with Crippen molar-refractivity contribution in [2.75, 3.05) is 49.9 Å². The highest BCUT2D eigenvalue weighted by Gasteiger charge is 2.26. The highest BCUT2D eigenvalue weighted by Crippen LogP contribution is 2.17. The molecule has 1 aliphatic rings. The van der Waals surface area contributed by atoms with Crippen LogP contribution < -0.4 is 20.4 Å². The van der Waals surface area contributed by atoms with Crippen LogP contribution in [-0.4, -0.2) is 51.1 Å². The van der Waals surface area contributed by atoms with E-state index in [0.717, 1.165) is 37.4 Å². The molecule has 2 aromatic rings. The number of benzene rings is 2. The SMILES string of the molecule is Cc1cccc(NC(=O)C[NH+]2CC[NH+](CC(=O)Nc3cccc(Cl)c3)CC2)c1C. The Labute approximate surface area is 176 Å². The minimum absolute atomic E-state index is 0.0154. The smallest absolute Gasteiger partial charge is 0.279 e. The van der Waals surface area contributed by atoms with Gasteiger partial charge in [-0.25, -0.2) is 0 Å². The van der Waals surface area contributed by atoms with E-state index in [1.807, 2.05) is 44.2 Å². The predicted molar refractivity (Wildman–Crippen MR) is 116 cm³/mol. The Bertz CT molecular complexity index is 879. The van der Waals surface area contributed by atoms with E-state index in [9.17, 15) is 9.59 Å². The Hall–Kier alpha value is -2.41. The van der Waals surface area contributed by atoms with Crippen LogP contribution in [-0.2, 0) is 9.59 Å². The maximum absolute atomic E-state index is 12.4. The van der Waals surface area contributed by atoms with E-state index in [0.29, 0.717) is 23.8 Å². The van der Waals surface area contributed by atoms with Crippen molar-refractivity contribution in [3.8, 4) is 0 Å². The number of nitrogens with one attached hydrogen (secondary N) is 4. The summed E-state index contributed by atoms with van der Waals surface area (Å²) in [7, 11) is 0. The number of amides is 2. The summed E-state index contributed by atoms with van der Waals surface area (Å²) in [5.74, 6) is 0.0224. The molecular weight excluding hydrogens is 388 g/mol. The molecule has 0 bridgehead atoms. The molecule has 154 valence electrons. The molecule has 0 aromatic heterocycles. The zero-order chi connectivity index (χ0) is 20.8. The van der Waals surface area contributed by atoms with Crippen molar-refractivity contribution in [2.45, 2.75) is 13.8 Å². The van der Waals surface area contributed by atoms with Gasteiger partial charge in [0.15, 0.2) is 13.1 Å². The normalized spacial score (nSPS) is 18.9. The van der Waals surface area contributed by atoms with Crippen LogP contribution in [0.1, 0.15) is 11.1 Å². The van der Waals surface area contributed by atoms with Gasteiger partial charge in [0.2, 0.25) is 0 Å². The van der Waals surface area contributed by atoms with Crippen LogP contribution >= 0.6 is 11.6 Å². The summed E-state index contributed by atoms with van der Waals surface area (Å²) in [4.78, 5) is 27.2. The van der Waals surface area contributed by atoms with Crippen LogP contribution in [0.4, 0.5) is 11.4 Å². The fourth-order valence-corrected chi connectivity index (χ4v) is 3.81. The zero-order valence-corrected chi connectivity index (χ0v) is 17.7. The van der Waals surface area contributed by atoms with Crippen molar-refractivity contribution in [3.05, 3.63) is 58.6 Å². The maximum atomic E-state index is 12.4. The number of rotatable bonds is 6. The summed E-state index contributed by atoms with van der Waals surface area (Å²) in [5.41, 5.74) is 3.88. The Kier molecular flexibility index (Phi) is 7.25. The van der Waals surface area contributed by atoms with E-state index < -0.39 is 0 Å². The number of aryl methyl sites for hydroxylation is 1. The molecule has 2 amide bonds. The van der Waals surface area contributed by atoms with E-state index in [1.54, 1.807) is 12.1 Å². The van der Waals surface area contributed by atoms with Crippen molar-refractivity contribution in [1.29, 1.82) is 0 Å².